The molecule has 0 saturated heterocycles. The largest absolute Gasteiger partial charge is 0.488 e. The average molecular weight is 356 g/mol. The van der Waals surface area contributed by atoms with Crippen LogP contribution in [0.3, 0.4) is 0 Å². The van der Waals surface area contributed by atoms with Crippen LogP contribution in [0.25, 0.3) is 0 Å². The zero-order valence-corrected chi connectivity index (χ0v) is 13.3. The minimum atomic E-state index is -0.550. The second kappa shape index (κ2) is 7.85. The Bertz CT molecular complexity index is 755. The molecule has 3 N–H and O–H groups in total. The van der Waals surface area contributed by atoms with Crippen LogP contribution in [0.15, 0.2) is 41.5 Å². The number of nitrogens with two attached hydrogens (primary N) is 1. The van der Waals surface area contributed by atoms with Gasteiger partial charge in [-0.1, -0.05) is 11.6 Å². The first kappa shape index (κ1) is 17.1. The van der Waals surface area contributed by atoms with Crippen LogP contribution in [0.5, 0.6) is 5.75 Å². The molecule has 0 saturated carbocycles. The van der Waals surface area contributed by atoms with Gasteiger partial charge in [-0.05, 0) is 48.6 Å². The van der Waals surface area contributed by atoms with E-state index in [0.717, 1.165) is 18.2 Å². The van der Waals surface area contributed by atoms with Crippen molar-refractivity contribution in [2.75, 3.05) is 0 Å². The van der Waals surface area contributed by atoms with Crippen molar-refractivity contribution in [1.82, 2.24) is 5.43 Å². The van der Waals surface area contributed by atoms with Crippen molar-refractivity contribution in [2.45, 2.75) is 6.61 Å². The Balaban J connectivity index is 2.17. The number of nitrogens with one attached hydrogen (secondary N) is 1. The number of hydrogen-bond donors (Lipinski definition) is 2. The Morgan fingerprint density at radius 2 is 2.09 bits per heavy atom. The van der Waals surface area contributed by atoms with Crippen LogP contribution in [0.4, 0.5) is 8.78 Å². The van der Waals surface area contributed by atoms with Gasteiger partial charge in [-0.3, -0.25) is 5.43 Å². The highest BCUT2D eigenvalue weighted by Gasteiger charge is 2.08. The molecule has 4 nitrogen and oxygen atoms in total. The van der Waals surface area contributed by atoms with E-state index < -0.39 is 11.6 Å². The predicted molar refractivity (Wildman–Crippen MR) is 89.7 cm³/mol. The lowest BCUT2D eigenvalue weighted by Gasteiger charge is -2.10. The Hall–Kier alpha value is -2.25. The number of halogens is 3. The topological polar surface area (TPSA) is 59.6 Å². The highest BCUT2D eigenvalue weighted by Crippen LogP contribution is 2.23. The molecular weight excluding hydrogens is 344 g/mol. The number of ether oxygens (including phenoxy) is 1. The Morgan fingerprint density at radius 1 is 1.30 bits per heavy atom. The molecule has 8 heteroatoms. The summed E-state index contributed by atoms with van der Waals surface area (Å²) in [5.41, 5.74) is 8.29. The molecule has 0 amide bonds. The van der Waals surface area contributed by atoms with E-state index in [1.807, 2.05) is 0 Å². The molecular formula is C15H12ClF2N3OS. The van der Waals surface area contributed by atoms with E-state index in [-0.39, 0.29) is 17.3 Å². The standard InChI is InChI=1S/C15H12ClF2N3OS/c16-11-1-4-14(9(5-11)7-20-21-15(19)23)22-8-10-6-12(17)2-3-13(10)18/h1-7H,8H2,(H3,19,21,23). The fourth-order valence-corrected chi connectivity index (χ4v) is 1.96. The van der Waals surface area contributed by atoms with E-state index >= 15 is 0 Å². The second-order valence-electron chi connectivity index (χ2n) is 4.44. The molecule has 0 fully saturated rings. The van der Waals surface area contributed by atoms with Crippen molar-refractivity contribution in [2.24, 2.45) is 10.8 Å². The van der Waals surface area contributed by atoms with Gasteiger partial charge in [0.15, 0.2) is 5.11 Å². The second-order valence-corrected chi connectivity index (χ2v) is 5.32. The zero-order chi connectivity index (χ0) is 16.8. The van der Waals surface area contributed by atoms with E-state index in [1.165, 1.54) is 6.21 Å². The van der Waals surface area contributed by atoms with E-state index in [2.05, 4.69) is 22.7 Å². The molecule has 0 aliphatic heterocycles. The molecule has 0 radical (unpaired) electrons. The first-order valence-electron chi connectivity index (χ1n) is 6.40. The van der Waals surface area contributed by atoms with Crippen LogP contribution in [0, 0.1) is 11.6 Å². The molecule has 0 heterocycles. The number of rotatable bonds is 5. The van der Waals surface area contributed by atoms with Gasteiger partial charge in [0.1, 0.15) is 24.0 Å². The first-order valence-corrected chi connectivity index (χ1v) is 7.19. The molecule has 0 unspecified atom stereocenters. The molecule has 0 bridgehead atoms. The van der Waals surface area contributed by atoms with Gasteiger partial charge in [-0.2, -0.15) is 5.10 Å². The van der Waals surface area contributed by atoms with Crippen LogP contribution in [0.1, 0.15) is 11.1 Å². The minimum Gasteiger partial charge on any atom is -0.488 e. The summed E-state index contributed by atoms with van der Waals surface area (Å²) in [5, 5.41) is 4.29. The summed E-state index contributed by atoms with van der Waals surface area (Å²) >= 11 is 10.6. The Labute approximate surface area is 141 Å². The lowest BCUT2D eigenvalue weighted by molar-refractivity contribution is 0.298. The average Bonchev–Trinajstić information content (AvgIpc) is 2.49. The molecule has 0 aliphatic rings. The molecule has 120 valence electrons. The maximum absolute atomic E-state index is 13.6. The van der Waals surface area contributed by atoms with Gasteiger partial charge in [0.2, 0.25) is 0 Å². The maximum Gasteiger partial charge on any atom is 0.184 e. The van der Waals surface area contributed by atoms with Crippen LogP contribution >= 0.6 is 23.8 Å². The predicted octanol–water partition coefficient (Wildman–Crippen LogP) is 3.36. The monoisotopic (exact) mass is 355 g/mol. The maximum atomic E-state index is 13.6. The molecule has 0 spiro atoms. The van der Waals surface area contributed by atoms with Gasteiger partial charge in [0.25, 0.3) is 0 Å². The Morgan fingerprint density at radius 3 is 2.83 bits per heavy atom. The quantitative estimate of drug-likeness (QED) is 0.490. The molecule has 2 aromatic rings. The normalized spacial score (nSPS) is 10.7. The summed E-state index contributed by atoms with van der Waals surface area (Å²) in [5.74, 6) is -0.694. The SMILES string of the molecule is NC(=S)NN=Cc1cc(Cl)ccc1OCc1cc(F)ccc1F. The van der Waals surface area contributed by atoms with Crippen LogP contribution in [-0.4, -0.2) is 11.3 Å². The fraction of sp³-hybridized carbons (Fsp3) is 0.0667. The highest BCUT2D eigenvalue weighted by molar-refractivity contribution is 7.80. The smallest absolute Gasteiger partial charge is 0.184 e. The third-order valence-corrected chi connectivity index (χ3v) is 3.07. The first-order chi connectivity index (χ1) is 11.0. The van der Waals surface area contributed by atoms with Crippen molar-refractivity contribution in [3.63, 3.8) is 0 Å². The van der Waals surface area contributed by atoms with E-state index in [0.29, 0.717) is 16.3 Å². The lowest BCUT2D eigenvalue weighted by Crippen LogP contribution is -2.24. The number of nitrogens with zero attached hydrogens (tertiary/aromatic N) is 1. The number of hydrogen-bond acceptors (Lipinski definition) is 3. The number of hydrazone groups is 1. The van der Waals surface area contributed by atoms with E-state index in [4.69, 9.17) is 22.1 Å². The molecule has 23 heavy (non-hydrogen) atoms. The molecule has 0 atom stereocenters. The lowest BCUT2D eigenvalue weighted by atomic mass is 10.2. The van der Waals surface area contributed by atoms with Crippen molar-refractivity contribution >= 4 is 35.1 Å². The van der Waals surface area contributed by atoms with E-state index in [1.54, 1.807) is 18.2 Å². The third-order valence-electron chi connectivity index (χ3n) is 2.74. The molecule has 0 aliphatic carbocycles. The van der Waals surface area contributed by atoms with Crippen LogP contribution < -0.4 is 15.9 Å². The minimum absolute atomic E-state index is 0.00702. The van der Waals surface area contributed by atoms with Gasteiger partial charge in [-0.25, -0.2) is 8.78 Å². The number of thiocarbonyl (C=S) groups is 1. The van der Waals surface area contributed by atoms with Crippen molar-refractivity contribution in [3.8, 4) is 5.75 Å². The van der Waals surface area contributed by atoms with Gasteiger partial charge >= 0.3 is 0 Å². The summed E-state index contributed by atoms with van der Waals surface area (Å²) in [6.45, 7) is -0.144. The molecule has 2 aromatic carbocycles. The Kier molecular flexibility index (Phi) is 5.84. The summed E-state index contributed by atoms with van der Waals surface area (Å²) in [6.07, 6.45) is 1.41. The van der Waals surface area contributed by atoms with Gasteiger partial charge in [-0.15, -0.1) is 0 Å². The molecule has 0 aromatic heterocycles. The summed E-state index contributed by atoms with van der Waals surface area (Å²) in [4.78, 5) is 0. The van der Waals surface area contributed by atoms with Crippen LogP contribution in [0.2, 0.25) is 5.02 Å². The van der Waals surface area contributed by atoms with Gasteiger partial charge in [0.05, 0.1) is 6.21 Å². The zero-order valence-electron chi connectivity index (χ0n) is 11.7. The summed E-state index contributed by atoms with van der Waals surface area (Å²) < 4.78 is 32.3. The summed E-state index contributed by atoms with van der Waals surface area (Å²) in [6, 6.07) is 7.97. The van der Waals surface area contributed by atoms with Crippen LogP contribution in [-0.2, 0) is 6.61 Å². The van der Waals surface area contributed by atoms with Crippen molar-refractivity contribution in [3.05, 3.63) is 64.2 Å². The fourth-order valence-electron chi connectivity index (χ4n) is 1.73. The van der Waals surface area contributed by atoms with Gasteiger partial charge in [0, 0.05) is 16.1 Å². The highest BCUT2D eigenvalue weighted by atomic mass is 35.5. The van der Waals surface area contributed by atoms with Crippen molar-refractivity contribution in [1.29, 1.82) is 0 Å². The van der Waals surface area contributed by atoms with Crippen molar-refractivity contribution < 1.29 is 13.5 Å². The molecule has 2 rings (SSSR count). The third kappa shape index (κ3) is 5.15. The number of benzene rings is 2. The van der Waals surface area contributed by atoms with E-state index in [9.17, 15) is 8.78 Å². The summed E-state index contributed by atoms with van der Waals surface area (Å²) in [7, 11) is 0. The van der Waals surface area contributed by atoms with Gasteiger partial charge < -0.3 is 10.5 Å².